The number of likely N-dealkylation sites (N-methyl/N-ethyl adjacent to an activating group) is 1. The smallest absolute Gasteiger partial charge is 0.237 e. The minimum absolute atomic E-state index is 0.297. The normalized spacial score (nSPS) is 10.6. The number of carbonyl (C=O) groups is 1. The van der Waals surface area contributed by atoms with Gasteiger partial charge in [-0.1, -0.05) is 0 Å². The second kappa shape index (κ2) is 5.57. The third kappa shape index (κ3) is 4.79. The summed E-state index contributed by atoms with van der Waals surface area (Å²) in [5.74, 6) is -0.954. The predicted molar refractivity (Wildman–Crippen MR) is 50.7 cm³/mol. The largest absolute Gasteiger partial charge is 0.345 e. The molecule has 6 nitrogen and oxygen atoms in total. The van der Waals surface area contributed by atoms with Crippen LogP contribution in [0.3, 0.4) is 0 Å². The summed E-state index contributed by atoms with van der Waals surface area (Å²) in [6.45, 7) is 1.99. The van der Waals surface area contributed by atoms with E-state index in [0.717, 1.165) is 0 Å². The number of nitrogens with zero attached hydrogens (tertiary/aromatic N) is 2. The van der Waals surface area contributed by atoms with Crippen LogP contribution in [0.1, 0.15) is 6.92 Å². The number of rotatable bonds is 5. The summed E-state index contributed by atoms with van der Waals surface area (Å²) in [4.78, 5) is 12.5. The van der Waals surface area contributed by atoms with Gasteiger partial charge in [-0.2, -0.15) is 5.26 Å². The Morgan fingerprint density at radius 2 is 2.14 bits per heavy atom. The zero-order valence-corrected chi connectivity index (χ0v) is 8.97. The summed E-state index contributed by atoms with van der Waals surface area (Å²) in [6.07, 6.45) is 0. The molecule has 0 aliphatic heterocycles. The molecule has 1 N–H and O–H groups in total. The van der Waals surface area contributed by atoms with E-state index in [-0.39, 0.29) is 12.5 Å². The number of hydrogen-bond donors (Lipinski definition) is 1. The number of amides is 1. The highest BCUT2D eigenvalue weighted by Crippen LogP contribution is 1.85. The molecule has 0 saturated carbocycles. The van der Waals surface area contributed by atoms with Gasteiger partial charge in [0.2, 0.25) is 15.9 Å². The van der Waals surface area contributed by atoms with E-state index in [1.807, 2.05) is 4.72 Å². The molecule has 0 aromatic carbocycles. The molecule has 0 rings (SSSR count). The average molecular weight is 219 g/mol. The average Bonchev–Trinajstić information content (AvgIpc) is 2.13. The minimum atomic E-state index is -3.63. The molecule has 0 aliphatic carbocycles. The van der Waals surface area contributed by atoms with Crippen LogP contribution in [-0.2, 0) is 14.8 Å². The van der Waals surface area contributed by atoms with Crippen molar-refractivity contribution in [2.45, 2.75) is 6.92 Å². The summed E-state index contributed by atoms with van der Waals surface area (Å²) in [5.41, 5.74) is 0. The van der Waals surface area contributed by atoms with Gasteiger partial charge in [0.05, 0.1) is 12.6 Å². The van der Waals surface area contributed by atoms with Gasteiger partial charge in [-0.15, -0.1) is 0 Å². The van der Waals surface area contributed by atoms with Crippen LogP contribution in [-0.4, -0.2) is 45.1 Å². The topological polar surface area (TPSA) is 90.3 Å². The maximum atomic E-state index is 11.1. The van der Waals surface area contributed by atoms with Crippen molar-refractivity contribution in [3.8, 4) is 6.07 Å². The highest BCUT2D eigenvalue weighted by atomic mass is 32.2. The van der Waals surface area contributed by atoms with Crippen molar-refractivity contribution in [3.05, 3.63) is 0 Å². The van der Waals surface area contributed by atoms with E-state index >= 15 is 0 Å². The monoisotopic (exact) mass is 219 g/mol. The Kier molecular flexibility index (Phi) is 5.12. The maximum absolute atomic E-state index is 11.1. The minimum Gasteiger partial charge on any atom is -0.345 e. The van der Waals surface area contributed by atoms with Crippen LogP contribution >= 0.6 is 0 Å². The first-order valence-corrected chi connectivity index (χ1v) is 5.66. The molecule has 80 valence electrons. The van der Waals surface area contributed by atoms with Crippen molar-refractivity contribution in [2.24, 2.45) is 0 Å². The first-order valence-electron chi connectivity index (χ1n) is 4.01. The number of nitriles is 1. The van der Waals surface area contributed by atoms with Crippen molar-refractivity contribution >= 4 is 15.9 Å². The van der Waals surface area contributed by atoms with Crippen LogP contribution < -0.4 is 4.72 Å². The molecule has 1 amide bonds. The lowest BCUT2D eigenvalue weighted by Gasteiger charge is -2.14. The zero-order valence-electron chi connectivity index (χ0n) is 8.15. The predicted octanol–water partition coefficient (Wildman–Crippen LogP) is -1.09. The first-order chi connectivity index (χ1) is 6.43. The van der Waals surface area contributed by atoms with E-state index in [9.17, 15) is 13.2 Å². The molecule has 0 atom stereocenters. The van der Waals surface area contributed by atoms with Gasteiger partial charge in [0.15, 0.2) is 5.75 Å². The lowest BCUT2D eigenvalue weighted by atomic mass is 10.5. The van der Waals surface area contributed by atoms with E-state index in [1.165, 1.54) is 11.0 Å². The Labute approximate surface area is 83.6 Å². The maximum Gasteiger partial charge on any atom is 0.237 e. The van der Waals surface area contributed by atoms with Gasteiger partial charge in [-0.3, -0.25) is 4.79 Å². The van der Waals surface area contributed by atoms with E-state index in [2.05, 4.69) is 0 Å². The van der Waals surface area contributed by atoms with Crippen LogP contribution in [0.4, 0.5) is 0 Å². The fourth-order valence-electron chi connectivity index (χ4n) is 0.619. The number of hydrogen-bond acceptors (Lipinski definition) is 4. The second-order valence-electron chi connectivity index (χ2n) is 2.65. The summed E-state index contributed by atoms with van der Waals surface area (Å²) < 4.78 is 23.9. The molecule has 0 heterocycles. The second-order valence-corrected chi connectivity index (χ2v) is 4.45. The number of carbonyl (C=O) groups excluding carboxylic acids is 1. The number of sulfonamides is 1. The van der Waals surface area contributed by atoms with Crippen LogP contribution in [0.15, 0.2) is 0 Å². The van der Waals surface area contributed by atoms with E-state index in [4.69, 9.17) is 5.26 Å². The Hall–Kier alpha value is -1.13. The van der Waals surface area contributed by atoms with E-state index in [1.54, 1.807) is 14.0 Å². The summed E-state index contributed by atoms with van der Waals surface area (Å²) >= 11 is 0. The molecule has 14 heavy (non-hydrogen) atoms. The summed E-state index contributed by atoms with van der Waals surface area (Å²) in [7, 11) is -2.06. The van der Waals surface area contributed by atoms with Gasteiger partial charge in [0.1, 0.15) is 0 Å². The molecule has 0 radical (unpaired) electrons. The van der Waals surface area contributed by atoms with Crippen molar-refractivity contribution in [2.75, 3.05) is 25.9 Å². The Morgan fingerprint density at radius 1 is 1.57 bits per heavy atom. The van der Waals surface area contributed by atoms with Gasteiger partial charge >= 0.3 is 0 Å². The van der Waals surface area contributed by atoms with Gasteiger partial charge in [-0.25, -0.2) is 13.1 Å². The molecule has 0 saturated heterocycles. The van der Waals surface area contributed by atoms with Gasteiger partial charge in [0.25, 0.3) is 0 Å². The molecule has 0 bridgehead atoms. The first kappa shape index (κ1) is 12.9. The van der Waals surface area contributed by atoms with Crippen LogP contribution in [0, 0.1) is 11.3 Å². The quantitative estimate of drug-likeness (QED) is 0.636. The van der Waals surface area contributed by atoms with E-state index in [0.29, 0.717) is 6.54 Å². The standard InChI is InChI=1S/C7H13N3O3S/c1-3-10(2)7(11)6-9-14(12,13)5-4-8/h9H,3,5-6H2,1-2H3. The lowest BCUT2D eigenvalue weighted by Crippen LogP contribution is -2.38. The SMILES string of the molecule is CCN(C)C(=O)CNS(=O)(=O)CC#N. The highest BCUT2D eigenvalue weighted by Gasteiger charge is 2.13. The third-order valence-electron chi connectivity index (χ3n) is 1.60. The Balaban J connectivity index is 4.08. The van der Waals surface area contributed by atoms with Crippen molar-refractivity contribution in [1.82, 2.24) is 9.62 Å². The van der Waals surface area contributed by atoms with E-state index < -0.39 is 15.8 Å². The molecule has 0 unspecified atom stereocenters. The van der Waals surface area contributed by atoms with Gasteiger partial charge in [-0.05, 0) is 6.92 Å². The fraction of sp³-hybridized carbons (Fsp3) is 0.714. The summed E-state index contributed by atoms with van der Waals surface area (Å²) in [6, 6.07) is 1.50. The molecule has 0 fully saturated rings. The molecule has 0 aromatic heterocycles. The van der Waals surface area contributed by atoms with Crippen LogP contribution in [0.2, 0.25) is 0 Å². The molecule has 0 aromatic rings. The van der Waals surface area contributed by atoms with Crippen molar-refractivity contribution < 1.29 is 13.2 Å². The number of nitrogens with one attached hydrogen (secondary N) is 1. The van der Waals surface area contributed by atoms with Crippen LogP contribution in [0.25, 0.3) is 0 Å². The van der Waals surface area contributed by atoms with Gasteiger partial charge in [0, 0.05) is 13.6 Å². The molecule has 0 aliphatic rings. The lowest BCUT2D eigenvalue weighted by molar-refractivity contribution is -0.128. The van der Waals surface area contributed by atoms with Crippen molar-refractivity contribution in [1.29, 1.82) is 5.26 Å². The van der Waals surface area contributed by atoms with Gasteiger partial charge < -0.3 is 4.90 Å². The summed E-state index contributed by atoms with van der Waals surface area (Å²) in [5, 5.41) is 8.16. The highest BCUT2D eigenvalue weighted by molar-refractivity contribution is 7.89. The zero-order chi connectivity index (χ0) is 11.2. The molecule has 0 spiro atoms. The Bertz CT molecular complexity index is 331. The van der Waals surface area contributed by atoms with Crippen LogP contribution in [0.5, 0.6) is 0 Å². The van der Waals surface area contributed by atoms with Crippen molar-refractivity contribution in [3.63, 3.8) is 0 Å². The molecular weight excluding hydrogens is 206 g/mol. The fourth-order valence-corrected chi connectivity index (χ4v) is 1.23. The molecule has 7 heteroatoms. The Morgan fingerprint density at radius 3 is 2.57 bits per heavy atom. The third-order valence-corrected chi connectivity index (χ3v) is 2.69. The molecular formula is C7H13N3O3S.